The number of hydrogen-bond acceptors (Lipinski definition) is 3. The molecule has 0 bridgehead atoms. The lowest BCUT2D eigenvalue weighted by Gasteiger charge is -2.26. The van der Waals surface area contributed by atoms with Crippen LogP contribution in [0.1, 0.15) is 31.2 Å². The summed E-state index contributed by atoms with van der Waals surface area (Å²) in [7, 11) is 0. The molecule has 0 radical (unpaired) electrons. The molecule has 100 valence electrons. The third-order valence-corrected chi connectivity index (χ3v) is 3.92. The van der Waals surface area contributed by atoms with Crippen LogP contribution in [-0.4, -0.2) is 17.3 Å². The zero-order chi connectivity index (χ0) is 13.1. The number of halogens is 2. The molecule has 0 spiro atoms. The smallest absolute Gasteiger partial charge is 0.147 e. The molecule has 0 saturated heterocycles. The summed E-state index contributed by atoms with van der Waals surface area (Å²) >= 11 is 3.26. The highest BCUT2D eigenvalue weighted by atomic mass is 79.9. The van der Waals surface area contributed by atoms with E-state index in [1.54, 1.807) is 0 Å². The van der Waals surface area contributed by atoms with Crippen molar-refractivity contribution in [2.75, 3.05) is 5.73 Å². The van der Waals surface area contributed by atoms with E-state index in [0.717, 1.165) is 31.2 Å². The molecule has 1 saturated carbocycles. The Hall–Kier alpha value is -0.650. The lowest BCUT2D eigenvalue weighted by molar-refractivity contribution is 0.116. The normalized spacial score (nSPS) is 24.2. The fourth-order valence-corrected chi connectivity index (χ4v) is 2.80. The lowest BCUT2D eigenvalue weighted by Crippen LogP contribution is -2.34. The van der Waals surface area contributed by atoms with Crippen molar-refractivity contribution in [3.63, 3.8) is 0 Å². The van der Waals surface area contributed by atoms with Crippen molar-refractivity contribution in [3.8, 4) is 0 Å². The van der Waals surface area contributed by atoms with Crippen LogP contribution in [0.5, 0.6) is 0 Å². The van der Waals surface area contributed by atoms with Crippen LogP contribution in [-0.2, 0) is 6.54 Å². The predicted molar refractivity (Wildman–Crippen MR) is 73.6 cm³/mol. The predicted octanol–water partition coefficient (Wildman–Crippen LogP) is 2.56. The van der Waals surface area contributed by atoms with Crippen LogP contribution in [0.25, 0.3) is 0 Å². The van der Waals surface area contributed by atoms with Gasteiger partial charge in [-0.05, 0) is 43.4 Å². The zero-order valence-corrected chi connectivity index (χ0v) is 11.7. The largest absolute Gasteiger partial charge is 0.396 e. The van der Waals surface area contributed by atoms with E-state index in [0.29, 0.717) is 17.1 Å². The number of hydrogen-bond donors (Lipinski definition) is 3. The molecule has 1 fully saturated rings. The quantitative estimate of drug-likeness (QED) is 0.751. The van der Waals surface area contributed by atoms with Crippen molar-refractivity contribution in [2.45, 2.75) is 44.4 Å². The number of aliphatic hydroxyl groups excluding tert-OH is 1. The third-order valence-electron chi connectivity index (χ3n) is 3.46. The van der Waals surface area contributed by atoms with Crippen molar-refractivity contribution in [1.29, 1.82) is 0 Å². The molecule has 0 amide bonds. The highest BCUT2D eigenvalue weighted by molar-refractivity contribution is 9.10. The molecule has 1 aromatic carbocycles. The molecular weight excluding hydrogens is 299 g/mol. The summed E-state index contributed by atoms with van der Waals surface area (Å²) in [6.45, 7) is 0.558. The summed E-state index contributed by atoms with van der Waals surface area (Å²) in [6, 6.07) is 3.59. The molecule has 5 heteroatoms. The Kier molecular flexibility index (Phi) is 4.59. The van der Waals surface area contributed by atoms with E-state index in [1.165, 1.54) is 6.07 Å². The summed E-state index contributed by atoms with van der Waals surface area (Å²) in [5.41, 5.74) is 6.69. The minimum atomic E-state index is -0.389. The number of anilines is 1. The van der Waals surface area contributed by atoms with Gasteiger partial charge >= 0.3 is 0 Å². The standard InChI is InChI=1S/C13H18BrFN2O/c14-9-5-8(13(16)12(15)6-9)7-17-10-1-3-11(18)4-2-10/h5-6,10-11,17-18H,1-4,7,16H2. The summed E-state index contributed by atoms with van der Waals surface area (Å²) < 4.78 is 14.1. The monoisotopic (exact) mass is 316 g/mol. The number of nitrogens with one attached hydrogen (secondary N) is 1. The average molecular weight is 317 g/mol. The molecule has 2 rings (SSSR count). The molecular formula is C13H18BrFN2O. The van der Waals surface area contributed by atoms with Crippen LogP contribution in [0.3, 0.4) is 0 Å². The number of benzene rings is 1. The molecule has 0 heterocycles. The molecule has 18 heavy (non-hydrogen) atoms. The van der Waals surface area contributed by atoms with Crippen LogP contribution < -0.4 is 11.1 Å². The van der Waals surface area contributed by atoms with E-state index in [9.17, 15) is 9.50 Å². The summed E-state index contributed by atoms with van der Waals surface area (Å²) in [5.74, 6) is -0.389. The molecule has 0 unspecified atom stereocenters. The zero-order valence-electron chi connectivity index (χ0n) is 10.1. The Balaban J connectivity index is 1.94. The number of nitrogen functional groups attached to an aromatic ring is 1. The molecule has 3 nitrogen and oxygen atoms in total. The second kappa shape index (κ2) is 5.99. The van der Waals surface area contributed by atoms with Gasteiger partial charge < -0.3 is 16.2 Å². The van der Waals surface area contributed by atoms with Gasteiger partial charge in [-0.2, -0.15) is 0 Å². The molecule has 0 aliphatic heterocycles. The maximum absolute atomic E-state index is 13.4. The van der Waals surface area contributed by atoms with E-state index in [2.05, 4.69) is 21.2 Å². The summed E-state index contributed by atoms with van der Waals surface area (Å²) in [4.78, 5) is 0. The van der Waals surface area contributed by atoms with Crippen LogP contribution in [0, 0.1) is 5.82 Å². The Bertz CT molecular complexity index is 420. The fourth-order valence-electron chi connectivity index (χ4n) is 2.32. The minimum Gasteiger partial charge on any atom is -0.396 e. The number of nitrogens with two attached hydrogens (primary N) is 1. The topological polar surface area (TPSA) is 58.3 Å². The Morgan fingerprint density at radius 2 is 2.00 bits per heavy atom. The molecule has 1 aliphatic rings. The van der Waals surface area contributed by atoms with Crippen molar-refractivity contribution >= 4 is 21.6 Å². The van der Waals surface area contributed by atoms with Crippen LogP contribution in [0.4, 0.5) is 10.1 Å². The lowest BCUT2D eigenvalue weighted by atomic mass is 9.93. The van der Waals surface area contributed by atoms with Gasteiger partial charge in [0.05, 0.1) is 11.8 Å². The molecule has 4 N–H and O–H groups in total. The van der Waals surface area contributed by atoms with E-state index >= 15 is 0 Å². The van der Waals surface area contributed by atoms with E-state index < -0.39 is 0 Å². The Labute approximate surface area is 115 Å². The highest BCUT2D eigenvalue weighted by Gasteiger charge is 2.19. The first-order valence-electron chi connectivity index (χ1n) is 6.21. The van der Waals surface area contributed by atoms with Crippen LogP contribution in [0.15, 0.2) is 16.6 Å². The average Bonchev–Trinajstić information content (AvgIpc) is 2.34. The van der Waals surface area contributed by atoms with Gasteiger partial charge in [0.1, 0.15) is 5.82 Å². The first-order valence-corrected chi connectivity index (χ1v) is 7.00. The highest BCUT2D eigenvalue weighted by Crippen LogP contribution is 2.24. The summed E-state index contributed by atoms with van der Waals surface area (Å²) in [5, 5.41) is 12.8. The third kappa shape index (κ3) is 3.43. The fraction of sp³-hybridized carbons (Fsp3) is 0.538. The van der Waals surface area contributed by atoms with Gasteiger partial charge in [0.25, 0.3) is 0 Å². The Morgan fingerprint density at radius 3 is 2.67 bits per heavy atom. The van der Waals surface area contributed by atoms with Crippen molar-refractivity contribution < 1.29 is 9.50 Å². The van der Waals surface area contributed by atoms with E-state index in [-0.39, 0.29) is 17.6 Å². The summed E-state index contributed by atoms with van der Waals surface area (Å²) in [6.07, 6.45) is 3.42. The van der Waals surface area contributed by atoms with Crippen molar-refractivity contribution in [1.82, 2.24) is 5.32 Å². The van der Waals surface area contributed by atoms with Gasteiger partial charge in [-0.25, -0.2) is 4.39 Å². The van der Waals surface area contributed by atoms with Crippen LogP contribution >= 0.6 is 15.9 Å². The Morgan fingerprint density at radius 1 is 1.33 bits per heavy atom. The maximum atomic E-state index is 13.4. The molecule has 1 aromatic rings. The van der Waals surface area contributed by atoms with Gasteiger partial charge in [-0.15, -0.1) is 0 Å². The second-order valence-electron chi connectivity index (χ2n) is 4.85. The molecule has 0 atom stereocenters. The van der Waals surface area contributed by atoms with Gasteiger partial charge in [0.15, 0.2) is 0 Å². The molecule has 1 aliphatic carbocycles. The van der Waals surface area contributed by atoms with Crippen LogP contribution in [0.2, 0.25) is 0 Å². The SMILES string of the molecule is Nc1c(F)cc(Br)cc1CNC1CCC(O)CC1. The van der Waals surface area contributed by atoms with Gasteiger partial charge in [-0.3, -0.25) is 0 Å². The van der Waals surface area contributed by atoms with Gasteiger partial charge in [-0.1, -0.05) is 15.9 Å². The van der Waals surface area contributed by atoms with Crippen molar-refractivity contribution in [2.24, 2.45) is 0 Å². The van der Waals surface area contributed by atoms with Gasteiger partial charge in [0, 0.05) is 17.1 Å². The first kappa shape index (κ1) is 13.8. The van der Waals surface area contributed by atoms with E-state index in [4.69, 9.17) is 5.73 Å². The molecule has 0 aromatic heterocycles. The minimum absolute atomic E-state index is 0.156. The first-order chi connectivity index (χ1) is 8.56. The van der Waals surface area contributed by atoms with Gasteiger partial charge in [0.2, 0.25) is 0 Å². The maximum Gasteiger partial charge on any atom is 0.147 e. The second-order valence-corrected chi connectivity index (χ2v) is 5.76. The van der Waals surface area contributed by atoms with E-state index in [1.807, 2.05) is 6.07 Å². The number of aliphatic hydroxyl groups is 1. The number of rotatable bonds is 3. The van der Waals surface area contributed by atoms with Crippen molar-refractivity contribution in [3.05, 3.63) is 28.0 Å².